The van der Waals surface area contributed by atoms with Crippen LogP contribution in [0.1, 0.15) is 26.2 Å². The molecular weight excluding hydrogens is 212 g/mol. The smallest absolute Gasteiger partial charge is 0.243 e. The molecule has 0 aromatic rings. The van der Waals surface area contributed by atoms with Crippen LogP contribution in [-0.2, 0) is 9.59 Å². The fourth-order valence-electron chi connectivity index (χ4n) is 1.60. The molecular formula is C10H18N2O4. The summed E-state index contributed by atoms with van der Waals surface area (Å²) >= 11 is 0. The molecule has 0 aliphatic carbocycles. The zero-order valence-corrected chi connectivity index (χ0v) is 9.32. The molecule has 1 aliphatic rings. The molecule has 0 bridgehead atoms. The molecule has 0 saturated carbocycles. The van der Waals surface area contributed by atoms with Gasteiger partial charge in [-0.3, -0.25) is 9.59 Å². The molecule has 4 N–H and O–H groups in total. The number of hydrogen-bond donors (Lipinski definition) is 4. The Hall–Kier alpha value is -1.14. The highest BCUT2D eigenvalue weighted by Crippen LogP contribution is 2.12. The van der Waals surface area contributed by atoms with Crippen LogP contribution < -0.4 is 10.6 Å². The van der Waals surface area contributed by atoms with E-state index in [1.807, 2.05) is 0 Å². The SMILES string of the molecule is CCC(CO)(CO)NC(=O)C1CCC(=O)N1. The maximum atomic E-state index is 11.7. The molecule has 0 radical (unpaired) electrons. The number of amides is 2. The van der Waals surface area contributed by atoms with Crippen LogP contribution >= 0.6 is 0 Å². The second-order valence-corrected chi connectivity index (χ2v) is 4.10. The Morgan fingerprint density at radius 1 is 1.56 bits per heavy atom. The van der Waals surface area contributed by atoms with Crippen LogP contribution in [0.15, 0.2) is 0 Å². The zero-order valence-electron chi connectivity index (χ0n) is 9.32. The average Bonchev–Trinajstić information content (AvgIpc) is 2.73. The van der Waals surface area contributed by atoms with E-state index in [1.165, 1.54) is 0 Å². The highest BCUT2D eigenvalue weighted by Gasteiger charge is 2.34. The zero-order chi connectivity index (χ0) is 12.2. The summed E-state index contributed by atoms with van der Waals surface area (Å²) in [5.41, 5.74) is -0.996. The third kappa shape index (κ3) is 2.70. The van der Waals surface area contributed by atoms with Crippen LogP contribution in [0, 0.1) is 0 Å². The Morgan fingerprint density at radius 2 is 2.19 bits per heavy atom. The minimum Gasteiger partial charge on any atom is -0.394 e. The van der Waals surface area contributed by atoms with Crippen LogP contribution in [-0.4, -0.2) is 46.8 Å². The van der Waals surface area contributed by atoms with Gasteiger partial charge in [0.25, 0.3) is 0 Å². The highest BCUT2D eigenvalue weighted by molar-refractivity contribution is 5.91. The van der Waals surface area contributed by atoms with E-state index in [2.05, 4.69) is 10.6 Å². The number of hydrogen-bond acceptors (Lipinski definition) is 4. The van der Waals surface area contributed by atoms with Crippen molar-refractivity contribution in [1.82, 2.24) is 10.6 Å². The molecule has 16 heavy (non-hydrogen) atoms. The second-order valence-electron chi connectivity index (χ2n) is 4.10. The van der Waals surface area contributed by atoms with Crippen molar-refractivity contribution < 1.29 is 19.8 Å². The van der Waals surface area contributed by atoms with Gasteiger partial charge in [0.2, 0.25) is 11.8 Å². The Kier molecular flexibility index (Phi) is 4.26. The molecule has 1 saturated heterocycles. The van der Waals surface area contributed by atoms with Crippen LogP contribution in [0.3, 0.4) is 0 Å². The first-order valence-corrected chi connectivity index (χ1v) is 5.40. The molecule has 1 rings (SSSR count). The van der Waals surface area contributed by atoms with E-state index in [-0.39, 0.29) is 25.0 Å². The summed E-state index contributed by atoms with van der Waals surface area (Å²) < 4.78 is 0. The lowest BCUT2D eigenvalue weighted by molar-refractivity contribution is -0.128. The molecule has 1 heterocycles. The molecule has 6 heteroatoms. The van der Waals surface area contributed by atoms with E-state index in [0.29, 0.717) is 19.3 Å². The summed E-state index contributed by atoms with van der Waals surface area (Å²) in [5.74, 6) is -0.494. The molecule has 1 atom stereocenters. The maximum absolute atomic E-state index is 11.7. The summed E-state index contributed by atoms with van der Waals surface area (Å²) in [7, 11) is 0. The van der Waals surface area contributed by atoms with Crippen molar-refractivity contribution in [1.29, 1.82) is 0 Å². The summed E-state index contributed by atoms with van der Waals surface area (Å²) in [6, 6.07) is -0.545. The first-order chi connectivity index (χ1) is 7.56. The molecule has 0 aromatic carbocycles. The number of aliphatic hydroxyl groups excluding tert-OH is 2. The first kappa shape index (κ1) is 12.9. The van der Waals surface area contributed by atoms with Gasteiger partial charge in [-0.2, -0.15) is 0 Å². The lowest BCUT2D eigenvalue weighted by atomic mass is 9.97. The van der Waals surface area contributed by atoms with E-state index in [1.54, 1.807) is 6.92 Å². The van der Waals surface area contributed by atoms with Crippen molar-refractivity contribution in [3.05, 3.63) is 0 Å². The van der Waals surface area contributed by atoms with Gasteiger partial charge in [0, 0.05) is 6.42 Å². The Labute approximate surface area is 94.0 Å². The summed E-state index contributed by atoms with van der Waals surface area (Å²) in [4.78, 5) is 22.7. The van der Waals surface area contributed by atoms with Crippen molar-refractivity contribution >= 4 is 11.8 Å². The molecule has 1 aliphatic heterocycles. The fraction of sp³-hybridized carbons (Fsp3) is 0.800. The van der Waals surface area contributed by atoms with Gasteiger partial charge in [0.05, 0.1) is 18.8 Å². The Balaban J connectivity index is 2.58. The molecule has 6 nitrogen and oxygen atoms in total. The summed E-state index contributed by atoms with van der Waals surface area (Å²) in [6.07, 6.45) is 1.23. The largest absolute Gasteiger partial charge is 0.394 e. The third-order valence-corrected chi connectivity index (χ3v) is 2.98. The maximum Gasteiger partial charge on any atom is 0.243 e. The van der Waals surface area contributed by atoms with E-state index in [0.717, 1.165) is 0 Å². The van der Waals surface area contributed by atoms with Crippen molar-refractivity contribution in [2.24, 2.45) is 0 Å². The van der Waals surface area contributed by atoms with E-state index in [9.17, 15) is 9.59 Å². The quantitative estimate of drug-likeness (QED) is 0.462. The van der Waals surface area contributed by atoms with Gasteiger partial charge in [-0.1, -0.05) is 6.92 Å². The minimum atomic E-state index is -0.996. The van der Waals surface area contributed by atoms with Crippen molar-refractivity contribution in [2.75, 3.05) is 13.2 Å². The standard InChI is InChI=1S/C10H18N2O4/c1-2-10(5-13,6-14)12-9(16)7-3-4-8(15)11-7/h7,13-14H,2-6H2,1H3,(H,11,15)(H,12,16). The topological polar surface area (TPSA) is 98.7 Å². The number of rotatable bonds is 5. The van der Waals surface area contributed by atoms with Gasteiger partial charge in [-0.25, -0.2) is 0 Å². The second kappa shape index (κ2) is 5.27. The molecule has 1 fully saturated rings. The van der Waals surface area contributed by atoms with Crippen molar-refractivity contribution in [3.63, 3.8) is 0 Å². The molecule has 2 amide bonds. The molecule has 1 unspecified atom stereocenters. The number of carbonyl (C=O) groups is 2. The average molecular weight is 230 g/mol. The summed E-state index contributed by atoms with van der Waals surface area (Å²) in [5, 5.41) is 23.4. The van der Waals surface area contributed by atoms with Gasteiger partial charge >= 0.3 is 0 Å². The van der Waals surface area contributed by atoms with Gasteiger partial charge < -0.3 is 20.8 Å². The van der Waals surface area contributed by atoms with Crippen LogP contribution in [0.5, 0.6) is 0 Å². The predicted molar refractivity (Wildman–Crippen MR) is 56.5 cm³/mol. The van der Waals surface area contributed by atoms with Gasteiger partial charge in [-0.05, 0) is 12.8 Å². The first-order valence-electron chi connectivity index (χ1n) is 5.40. The molecule has 0 spiro atoms. The number of aliphatic hydroxyl groups is 2. The van der Waals surface area contributed by atoms with Crippen LogP contribution in [0.2, 0.25) is 0 Å². The van der Waals surface area contributed by atoms with Gasteiger partial charge in [0.15, 0.2) is 0 Å². The lowest BCUT2D eigenvalue weighted by Gasteiger charge is -2.30. The highest BCUT2D eigenvalue weighted by atomic mass is 16.3. The van der Waals surface area contributed by atoms with Crippen LogP contribution in [0.4, 0.5) is 0 Å². The van der Waals surface area contributed by atoms with Gasteiger partial charge in [-0.15, -0.1) is 0 Å². The summed E-state index contributed by atoms with van der Waals surface area (Å²) in [6.45, 7) is 1.11. The predicted octanol–water partition coefficient (Wildman–Crippen LogP) is -1.49. The van der Waals surface area contributed by atoms with Crippen LogP contribution in [0.25, 0.3) is 0 Å². The van der Waals surface area contributed by atoms with Gasteiger partial charge in [0.1, 0.15) is 6.04 Å². The third-order valence-electron chi connectivity index (χ3n) is 2.98. The Morgan fingerprint density at radius 3 is 2.56 bits per heavy atom. The number of nitrogens with one attached hydrogen (secondary N) is 2. The Bertz CT molecular complexity index is 268. The lowest BCUT2D eigenvalue weighted by Crippen LogP contribution is -2.57. The monoisotopic (exact) mass is 230 g/mol. The van der Waals surface area contributed by atoms with E-state index >= 15 is 0 Å². The van der Waals surface area contributed by atoms with E-state index in [4.69, 9.17) is 10.2 Å². The molecule has 0 aromatic heterocycles. The van der Waals surface area contributed by atoms with Crippen molar-refractivity contribution in [2.45, 2.75) is 37.8 Å². The number of carbonyl (C=O) groups excluding carboxylic acids is 2. The van der Waals surface area contributed by atoms with Crippen molar-refractivity contribution in [3.8, 4) is 0 Å². The normalized spacial score (nSPS) is 20.7. The minimum absolute atomic E-state index is 0.143. The molecule has 92 valence electrons. The van der Waals surface area contributed by atoms with E-state index < -0.39 is 11.6 Å². The fourth-order valence-corrected chi connectivity index (χ4v) is 1.60.